The van der Waals surface area contributed by atoms with Crippen LogP contribution < -0.4 is 20.2 Å². The summed E-state index contributed by atoms with van der Waals surface area (Å²) in [5, 5.41) is 19.9. The van der Waals surface area contributed by atoms with E-state index in [2.05, 4.69) is 15.8 Å². The van der Waals surface area contributed by atoms with Gasteiger partial charge in [0.25, 0.3) is 11.6 Å². The molecule has 0 saturated carbocycles. The third-order valence-corrected chi connectivity index (χ3v) is 5.34. The standard InChI is InChI=1S/C27H22N4O6/c1-36-25-15-18(9-14-24(25)37-27(33)20-10-12-21(13-11-20)31(34)35)16-29-30-26(32)17-28-23-8-4-6-19-5-2-3-7-22(19)23/h2-16,28H,17H2,1H3,(H,30,32). The molecule has 0 bridgehead atoms. The number of hydrogen-bond acceptors (Lipinski definition) is 8. The van der Waals surface area contributed by atoms with E-state index in [9.17, 15) is 19.7 Å². The molecule has 0 aliphatic carbocycles. The van der Waals surface area contributed by atoms with Crippen molar-refractivity contribution in [1.29, 1.82) is 0 Å². The fourth-order valence-electron chi connectivity index (χ4n) is 3.50. The Labute approximate surface area is 211 Å². The Kier molecular flexibility index (Phi) is 7.69. The lowest BCUT2D eigenvalue weighted by atomic mass is 10.1. The second-order valence-corrected chi connectivity index (χ2v) is 7.78. The largest absolute Gasteiger partial charge is 0.493 e. The minimum Gasteiger partial charge on any atom is -0.493 e. The highest BCUT2D eigenvalue weighted by Gasteiger charge is 2.14. The van der Waals surface area contributed by atoms with Crippen molar-refractivity contribution >= 4 is 40.2 Å². The van der Waals surface area contributed by atoms with E-state index in [-0.39, 0.29) is 35.2 Å². The summed E-state index contributed by atoms with van der Waals surface area (Å²) in [6.45, 7) is 0.0339. The van der Waals surface area contributed by atoms with Crippen molar-refractivity contribution in [2.24, 2.45) is 5.10 Å². The summed E-state index contributed by atoms with van der Waals surface area (Å²) in [4.78, 5) is 34.8. The number of rotatable bonds is 9. The number of nitro benzene ring substituents is 1. The number of methoxy groups -OCH3 is 1. The zero-order chi connectivity index (χ0) is 26.2. The summed E-state index contributed by atoms with van der Waals surface area (Å²) in [6.07, 6.45) is 1.43. The first-order chi connectivity index (χ1) is 17.9. The quantitative estimate of drug-likeness (QED) is 0.114. The number of fused-ring (bicyclic) bond motifs is 1. The maximum atomic E-state index is 12.4. The molecule has 4 aromatic rings. The van der Waals surface area contributed by atoms with Gasteiger partial charge in [0.2, 0.25) is 0 Å². The maximum Gasteiger partial charge on any atom is 0.343 e. The first-order valence-electron chi connectivity index (χ1n) is 11.1. The minimum atomic E-state index is -0.694. The average molecular weight is 498 g/mol. The van der Waals surface area contributed by atoms with E-state index in [0.717, 1.165) is 16.5 Å². The van der Waals surface area contributed by atoms with Crippen LogP contribution in [0, 0.1) is 10.1 Å². The Hall–Kier alpha value is -5.25. The molecule has 4 rings (SSSR count). The van der Waals surface area contributed by atoms with Crippen molar-refractivity contribution < 1.29 is 24.0 Å². The lowest BCUT2D eigenvalue weighted by molar-refractivity contribution is -0.384. The summed E-state index contributed by atoms with van der Waals surface area (Å²) in [5.41, 5.74) is 3.92. The summed E-state index contributed by atoms with van der Waals surface area (Å²) in [7, 11) is 1.42. The average Bonchev–Trinajstić information content (AvgIpc) is 2.92. The van der Waals surface area contributed by atoms with Gasteiger partial charge in [0, 0.05) is 23.2 Å². The Balaban J connectivity index is 1.34. The Morgan fingerprint density at radius 1 is 0.973 bits per heavy atom. The van der Waals surface area contributed by atoms with Gasteiger partial charge in [-0.2, -0.15) is 5.10 Å². The molecule has 186 valence electrons. The number of amides is 1. The molecule has 37 heavy (non-hydrogen) atoms. The molecule has 0 unspecified atom stereocenters. The molecule has 10 nitrogen and oxygen atoms in total. The number of hydrazone groups is 1. The third kappa shape index (κ3) is 6.25. The third-order valence-electron chi connectivity index (χ3n) is 5.34. The van der Waals surface area contributed by atoms with Crippen LogP contribution in [0.2, 0.25) is 0 Å². The van der Waals surface area contributed by atoms with Crippen LogP contribution in [0.1, 0.15) is 15.9 Å². The molecule has 0 aromatic heterocycles. The van der Waals surface area contributed by atoms with Crippen LogP contribution in [-0.4, -0.2) is 36.7 Å². The second kappa shape index (κ2) is 11.5. The molecule has 2 N–H and O–H groups in total. The van der Waals surface area contributed by atoms with E-state index in [0.29, 0.717) is 5.56 Å². The first kappa shape index (κ1) is 24.9. The smallest absolute Gasteiger partial charge is 0.343 e. The first-order valence-corrected chi connectivity index (χ1v) is 11.1. The van der Waals surface area contributed by atoms with Crippen molar-refractivity contribution in [2.45, 2.75) is 0 Å². The number of carbonyl (C=O) groups excluding carboxylic acids is 2. The number of nitrogens with zero attached hydrogens (tertiary/aromatic N) is 2. The zero-order valence-corrected chi connectivity index (χ0v) is 19.7. The fraction of sp³-hybridized carbons (Fsp3) is 0.0741. The number of ether oxygens (including phenoxy) is 2. The molecule has 0 aliphatic rings. The molecule has 0 saturated heterocycles. The molecule has 4 aromatic carbocycles. The predicted octanol–water partition coefficient (Wildman–Crippen LogP) is 4.54. The second-order valence-electron chi connectivity index (χ2n) is 7.78. The van der Waals surface area contributed by atoms with E-state index < -0.39 is 10.9 Å². The number of nitro groups is 1. The zero-order valence-electron chi connectivity index (χ0n) is 19.7. The fourth-order valence-corrected chi connectivity index (χ4v) is 3.50. The van der Waals surface area contributed by atoms with E-state index in [4.69, 9.17) is 9.47 Å². The van der Waals surface area contributed by atoms with Crippen LogP contribution in [0.15, 0.2) is 90.0 Å². The number of benzene rings is 4. The number of hydrogen-bond donors (Lipinski definition) is 2. The van der Waals surface area contributed by atoms with Gasteiger partial charge in [-0.3, -0.25) is 14.9 Å². The molecule has 1 amide bonds. The van der Waals surface area contributed by atoms with Crippen LogP contribution in [0.3, 0.4) is 0 Å². The van der Waals surface area contributed by atoms with Gasteiger partial charge in [-0.15, -0.1) is 0 Å². The number of non-ortho nitro benzene ring substituents is 1. The summed E-state index contributed by atoms with van der Waals surface area (Å²) in [6, 6.07) is 23.5. The van der Waals surface area contributed by atoms with Crippen molar-refractivity contribution in [3.05, 3.63) is 106 Å². The highest BCUT2D eigenvalue weighted by molar-refractivity contribution is 5.95. The van der Waals surface area contributed by atoms with Gasteiger partial charge < -0.3 is 14.8 Å². The van der Waals surface area contributed by atoms with Gasteiger partial charge in [0.1, 0.15) is 0 Å². The molecule has 0 heterocycles. The molecule has 0 radical (unpaired) electrons. The number of nitrogens with one attached hydrogen (secondary N) is 2. The Morgan fingerprint density at radius 2 is 1.73 bits per heavy atom. The summed E-state index contributed by atoms with van der Waals surface area (Å²) < 4.78 is 10.7. The summed E-state index contributed by atoms with van der Waals surface area (Å²) in [5.74, 6) is -0.597. The van der Waals surface area contributed by atoms with Crippen LogP contribution in [0.5, 0.6) is 11.5 Å². The lowest BCUT2D eigenvalue weighted by Gasteiger charge is -2.10. The Bertz CT molecular complexity index is 1480. The minimum absolute atomic E-state index is 0.0339. The molecule has 0 spiro atoms. The van der Waals surface area contributed by atoms with E-state index >= 15 is 0 Å². The number of anilines is 1. The van der Waals surface area contributed by atoms with Crippen molar-refractivity contribution in [1.82, 2.24) is 5.43 Å². The topological polar surface area (TPSA) is 132 Å². The molecular weight excluding hydrogens is 476 g/mol. The van der Waals surface area contributed by atoms with Gasteiger partial charge >= 0.3 is 5.97 Å². The van der Waals surface area contributed by atoms with Crippen LogP contribution >= 0.6 is 0 Å². The van der Waals surface area contributed by atoms with Crippen LogP contribution in [-0.2, 0) is 4.79 Å². The van der Waals surface area contributed by atoms with Crippen LogP contribution in [0.25, 0.3) is 10.8 Å². The lowest BCUT2D eigenvalue weighted by Crippen LogP contribution is -2.25. The molecule has 0 fully saturated rings. The van der Waals surface area contributed by atoms with E-state index in [1.165, 1.54) is 43.7 Å². The van der Waals surface area contributed by atoms with Gasteiger partial charge in [-0.25, -0.2) is 10.2 Å². The van der Waals surface area contributed by atoms with E-state index in [1.54, 1.807) is 12.1 Å². The highest BCUT2D eigenvalue weighted by atomic mass is 16.6. The molecular formula is C27H22N4O6. The van der Waals surface area contributed by atoms with Crippen molar-refractivity contribution in [3.63, 3.8) is 0 Å². The van der Waals surface area contributed by atoms with Crippen LogP contribution in [0.4, 0.5) is 11.4 Å². The molecule has 0 atom stereocenters. The molecule has 0 aliphatic heterocycles. The van der Waals surface area contributed by atoms with Gasteiger partial charge in [-0.05, 0) is 47.3 Å². The highest BCUT2D eigenvalue weighted by Crippen LogP contribution is 2.28. The van der Waals surface area contributed by atoms with Crippen molar-refractivity contribution in [3.8, 4) is 11.5 Å². The van der Waals surface area contributed by atoms with E-state index in [1.807, 2.05) is 42.5 Å². The number of carbonyl (C=O) groups is 2. The number of esters is 1. The van der Waals surface area contributed by atoms with Gasteiger partial charge in [-0.1, -0.05) is 36.4 Å². The van der Waals surface area contributed by atoms with Gasteiger partial charge in [0.15, 0.2) is 11.5 Å². The monoisotopic (exact) mass is 498 g/mol. The predicted molar refractivity (Wildman–Crippen MR) is 139 cm³/mol. The van der Waals surface area contributed by atoms with Crippen molar-refractivity contribution in [2.75, 3.05) is 19.0 Å². The SMILES string of the molecule is COc1cc(C=NNC(=O)CNc2cccc3ccccc23)ccc1OC(=O)c1ccc([N+](=O)[O-])cc1. The maximum absolute atomic E-state index is 12.4. The molecule has 10 heteroatoms. The Morgan fingerprint density at radius 3 is 2.49 bits per heavy atom. The summed E-state index contributed by atoms with van der Waals surface area (Å²) >= 11 is 0. The normalized spacial score (nSPS) is 10.7. The van der Waals surface area contributed by atoms with Gasteiger partial charge in [0.05, 0.1) is 30.4 Å².